The highest BCUT2D eigenvalue weighted by atomic mass is 31.2. The third-order valence-corrected chi connectivity index (χ3v) is 5.46. The van der Waals surface area contributed by atoms with Crippen LogP contribution < -0.4 is 0 Å². The number of nitrogens with zero attached hydrogens (tertiary/aromatic N) is 4. The Balaban J connectivity index is 3.02. The van der Waals surface area contributed by atoms with Gasteiger partial charge in [0, 0.05) is 0 Å². The summed E-state index contributed by atoms with van der Waals surface area (Å²) in [6.07, 6.45) is 0. The summed E-state index contributed by atoms with van der Waals surface area (Å²) in [5, 5.41) is 0. The molecule has 0 aromatic heterocycles. The molecule has 1 aliphatic heterocycles. The summed E-state index contributed by atoms with van der Waals surface area (Å²) in [5.74, 6) is 0. The van der Waals surface area contributed by atoms with Crippen LogP contribution in [0.4, 0.5) is 0 Å². The maximum absolute atomic E-state index is 5.11. The molecule has 0 saturated carbocycles. The van der Waals surface area contributed by atoms with Gasteiger partial charge in [-0.25, -0.2) is 9.51 Å². The molecule has 0 spiro atoms. The molecule has 0 bridgehead atoms. The molecule has 1 heterocycles. The lowest BCUT2D eigenvalue weighted by Crippen LogP contribution is -2.30. The first kappa shape index (κ1) is 10.2. The van der Waals surface area contributed by atoms with E-state index in [0.29, 0.717) is 6.73 Å². The van der Waals surface area contributed by atoms with Crippen LogP contribution >= 0.6 is 7.51 Å². The molecular weight excluding hydrogens is 175 g/mol. The normalized spacial score (nSPS) is 23.6. The summed E-state index contributed by atoms with van der Waals surface area (Å²) in [4.78, 5) is 9.35. The van der Waals surface area contributed by atoms with E-state index in [0.717, 1.165) is 0 Å². The zero-order valence-corrected chi connectivity index (χ0v) is 9.25. The van der Waals surface area contributed by atoms with Crippen LogP contribution in [0.5, 0.6) is 0 Å². The highest BCUT2D eigenvalue weighted by Gasteiger charge is 2.35. The summed E-state index contributed by atoms with van der Waals surface area (Å²) in [7, 11) is 8.47. The fourth-order valence-electron chi connectivity index (χ4n) is 1.44. The molecule has 5 nitrogen and oxygen atoms in total. The first-order chi connectivity index (χ1) is 5.51. The molecule has 0 aromatic rings. The molecule has 0 radical (unpaired) electrons. The molecule has 0 unspecified atom stereocenters. The Hall–Kier alpha value is 0.0700. The van der Waals surface area contributed by atoms with Gasteiger partial charge in [-0.1, -0.05) is 0 Å². The minimum Gasteiger partial charge on any atom is -0.250 e. The molecule has 0 atom stereocenters. The molecule has 0 aliphatic carbocycles. The Morgan fingerprint density at radius 1 is 1.25 bits per heavy atom. The van der Waals surface area contributed by atoms with Gasteiger partial charge in [0.2, 0.25) is 0 Å². The van der Waals surface area contributed by atoms with Crippen molar-refractivity contribution in [1.29, 1.82) is 0 Å². The zero-order valence-electron chi connectivity index (χ0n) is 8.35. The van der Waals surface area contributed by atoms with Crippen molar-refractivity contribution in [3.8, 4) is 0 Å². The first-order valence-electron chi connectivity index (χ1n) is 3.82. The van der Waals surface area contributed by atoms with E-state index in [1.165, 1.54) is 0 Å². The Labute approximate surface area is 74.1 Å². The molecule has 0 N–H and O–H groups in total. The number of hydrogen-bond acceptors (Lipinski definition) is 5. The standard InChI is InChI=1S/C6H17N4OP/c1-8(2)12(9(3)4)7-11-6-10(12)5/h6H2,1-5H3. The Bertz CT molecular complexity index is 204. The largest absolute Gasteiger partial charge is 0.250 e. The third kappa shape index (κ3) is 1.32. The van der Waals surface area contributed by atoms with Gasteiger partial charge in [0.1, 0.15) is 6.73 Å². The van der Waals surface area contributed by atoms with Crippen LogP contribution in [0.25, 0.3) is 0 Å². The Kier molecular flexibility index (Phi) is 2.91. The molecule has 12 heavy (non-hydrogen) atoms. The van der Waals surface area contributed by atoms with Crippen molar-refractivity contribution >= 4 is 7.51 Å². The van der Waals surface area contributed by atoms with E-state index in [9.17, 15) is 0 Å². The molecule has 72 valence electrons. The van der Waals surface area contributed by atoms with E-state index in [2.05, 4.69) is 18.9 Å². The molecule has 1 rings (SSSR count). The average Bonchev–Trinajstić information content (AvgIpc) is 2.31. The fraction of sp³-hybridized carbons (Fsp3) is 1.00. The molecule has 1 aliphatic rings. The van der Waals surface area contributed by atoms with Gasteiger partial charge in [-0.2, -0.15) is 0 Å². The van der Waals surface area contributed by atoms with Crippen molar-refractivity contribution in [2.75, 3.05) is 42.0 Å². The van der Waals surface area contributed by atoms with Gasteiger partial charge in [-0.05, 0) is 35.2 Å². The maximum Gasteiger partial charge on any atom is 0.199 e. The topological polar surface area (TPSA) is 31.3 Å². The lowest BCUT2D eigenvalue weighted by molar-refractivity contribution is 0.120. The van der Waals surface area contributed by atoms with E-state index < -0.39 is 7.51 Å². The quantitative estimate of drug-likeness (QED) is 0.608. The van der Waals surface area contributed by atoms with Crippen molar-refractivity contribution in [1.82, 2.24) is 14.0 Å². The van der Waals surface area contributed by atoms with Gasteiger partial charge in [0.25, 0.3) is 0 Å². The summed E-state index contributed by atoms with van der Waals surface area (Å²) < 4.78 is 6.40. The predicted octanol–water partition coefficient (Wildman–Crippen LogP) is 0.890. The third-order valence-electron chi connectivity index (χ3n) is 1.94. The predicted molar refractivity (Wildman–Crippen MR) is 50.4 cm³/mol. The van der Waals surface area contributed by atoms with Crippen LogP contribution in [0.2, 0.25) is 0 Å². The van der Waals surface area contributed by atoms with E-state index >= 15 is 0 Å². The fourth-order valence-corrected chi connectivity index (χ4v) is 4.21. The van der Waals surface area contributed by atoms with Crippen LogP contribution in [0.3, 0.4) is 0 Å². The lowest BCUT2D eigenvalue weighted by atomic mass is 11.2. The van der Waals surface area contributed by atoms with Gasteiger partial charge in [-0.3, -0.25) is 9.34 Å². The van der Waals surface area contributed by atoms with Gasteiger partial charge < -0.3 is 0 Å². The van der Waals surface area contributed by atoms with Gasteiger partial charge >= 0.3 is 0 Å². The Morgan fingerprint density at radius 2 is 1.75 bits per heavy atom. The van der Waals surface area contributed by atoms with Crippen molar-refractivity contribution in [2.45, 2.75) is 0 Å². The molecule has 0 amide bonds. The first-order valence-corrected chi connectivity index (χ1v) is 5.42. The minimum absolute atomic E-state index is 0.587. The average molecular weight is 192 g/mol. The van der Waals surface area contributed by atoms with Crippen molar-refractivity contribution in [3.63, 3.8) is 0 Å². The molecular formula is C6H17N4OP. The van der Waals surface area contributed by atoms with Crippen molar-refractivity contribution in [2.24, 2.45) is 4.91 Å². The molecule has 0 saturated heterocycles. The summed E-state index contributed by atoms with van der Waals surface area (Å²) >= 11 is 0. The van der Waals surface area contributed by atoms with Crippen molar-refractivity contribution < 1.29 is 4.84 Å². The van der Waals surface area contributed by atoms with E-state index in [1.54, 1.807) is 0 Å². The van der Waals surface area contributed by atoms with Crippen LogP contribution in [0, 0.1) is 0 Å². The summed E-state index contributed by atoms with van der Waals surface area (Å²) in [5.41, 5.74) is 0. The minimum atomic E-state index is -1.68. The van der Waals surface area contributed by atoms with Gasteiger partial charge in [0.15, 0.2) is 7.51 Å². The number of rotatable bonds is 2. The van der Waals surface area contributed by atoms with Crippen molar-refractivity contribution in [3.05, 3.63) is 0 Å². The molecule has 0 fully saturated rings. The zero-order chi connectivity index (χ0) is 9.35. The lowest BCUT2D eigenvalue weighted by Gasteiger charge is -2.36. The van der Waals surface area contributed by atoms with E-state index in [-0.39, 0.29) is 0 Å². The monoisotopic (exact) mass is 192 g/mol. The van der Waals surface area contributed by atoms with Gasteiger partial charge in [-0.15, -0.1) is 4.91 Å². The second-order valence-corrected chi connectivity index (χ2v) is 6.75. The highest BCUT2D eigenvalue weighted by Crippen LogP contribution is 2.58. The van der Waals surface area contributed by atoms with Crippen LogP contribution in [-0.2, 0) is 4.84 Å². The van der Waals surface area contributed by atoms with Crippen LogP contribution in [-0.4, -0.2) is 56.0 Å². The highest BCUT2D eigenvalue weighted by molar-refractivity contribution is 7.59. The summed E-state index contributed by atoms with van der Waals surface area (Å²) in [6.45, 7) is 0.587. The molecule has 6 heteroatoms. The van der Waals surface area contributed by atoms with Crippen LogP contribution in [0.1, 0.15) is 0 Å². The second kappa shape index (κ2) is 3.44. The smallest absolute Gasteiger partial charge is 0.199 e. The second-order valence-electron chi connectivity index (χ2n) is 3.23. The molecule has 0 aromatic carbocycles. The Morgan fingerprint density at radius 3 is 1.92 bits per heavy atom. The van der Waals surface area contributed by atoms with Crippen LogP contribution in [0.15, 0.2) is 4.91 Å². The van der Waals surface area contributed by atoms with E-state index in [4.69, 9.17) is 4.84 Å². The van der Waals surface area contributed by atoms with E-state index in [1.807, 2.05) is 35.2 Å². The maximum atomic E-state index is 5.11. The summed E-state index contributed by atoms with van der Waals surface area (Å²) in [6, 6.07) is 0. The number of hydrogen-bond donors (Lipinski definition) is 0. The SMILES string of the molecule is CN(C)P1(N(C)C)=NOCN1C. The van der Waals surface area contributed by atoms with Gasteiger partial charge in [0.05, 0.1) is 0 Å².